The zero-order valence-electron chi connectivity index (χ0n) is 12.0. The number of hydrogen-bond donors (Lipinski definition) is 2. The van der Waals surface area contributed by atoms with Crippen LogP contribution in [0.15, 0.2) is 17.0 Å². The summed E-state index contributed by atoms with van der Waals surface area (Å²) in [5.41, 5.74) is 0.701. The highest BCUT2D eigenvalue weighted by Gasteiger charge is 2.27. The van der Waals surface area contributed by atoms with Gasteiger partial charge in [0.05, 0.1) is 5.02 Å². The molecule has 0 bridgehead atoms. The van der Waals surface area contributed by atoms with Crippen LogP contribution in [0.25, 0.3) is 0 Å². The van der Waals surface area contributed by atoms with Crippen LogP contribution in [-0.4, -0.2) is 21.0 Å². The van der Waals surface area contributed by atoms with Crippen LogP contribution < -0.4 is 10.0 Å². The normalized spacial score (nSPS) is 16.0. The fraction of sp³-hybridized carbons (Fsp3) is 0.571. The van der Waals surface area contributed by atoms with Crippen LogP contribution in [0.1, 0.15) is 38.2 Å². The zero-order chi connectivity index (χ0) is 15.5. The molecule has 7 heteroatoms. The summed E-state index contributed by atoms with van der Waals surface area (Å²) in [4.78, 5) is 0.0665. The molecule has 118 valence electrons. The molecule has 21 heavy (non-hydrogen) atoms. The first-order valence-corrected chi connectivity index (χ1v) is 9.39. The van der Waals surface area contributed by atoms with Gasteiger partial charge in [-0.1, -0.05) is 36.5 Å². The number of halogens is 2. The van der Waals surface area contributed by atoms with E-state index in [1.54, 1.807) is 6.07 Å². The monoisotopic (exact) mass is 350 g/mol. The molecule has 0 aliphatic heterocycles. The molecule has 0 atom stereocenters. The van der Waals surface area contributed by atoms with Gasteiger partial charge in [0.1, 0.15) is 4.90 Å². The molecule has 0 unspecified atom stereocenters. The van der Waals surface area contributed by atoms with E-state index in [1.165, 1.54) is 6.07 Å². The topological polar surface area (TPSA) is 58.2 Å². The molecule has 2 rings (SSSR count). The molecular weight excluding hydrogens is 331 g/mol. The largest absolute Gasteiger partial charge is 0.313 e. The second-order valence-corrected chi connectivity index (χ2v) is 7.80. The van der Waals surface area contributed by atoms with Crippen LogP contribution in [0, 0.1) is 0 Å². The third kappa shape index (κ3) is 4.33. The van der Waals surface area contributed by atoms with E-state index in [9.17, 15) is 8.42 Å². The number of nitrogens with one attached hydrogen (secondary N) is 2. The SMILES string of the molecule is CCCNCc1cc(Cl)cc(S(=O)(=O)NC2CCC2)c1Cl. The van der Waals surface area contributed by atoms with Crippen LogP contribution >= 0.6 is 23.2 Å². The first-order valence-electron chi connectivity index (χ1n) is 7.15. The van der Waals surface area contributed by atoms with E-state index in [4.69, 9.17) is 23.2 Å². The van der Waals surface area contributed by atoms with Crippen LogP contribution in [0.4, 0.5) is 0 Å². The molecule has 0 amide bonds. The summed E-state index contributed by atoms with van der Waals surface area (Å²) in [5, 5.41) is 3.82. The highest BCUT2D eigenvalue weighted by atomic mass is 35.5. The van der Waals surface area contributed by atoms with Crippen molar-refractivity contribution < 1.29 is 8.42 Å². The molecule has 2 N–H and O–H groups in total. The van der Waals surface area contributed by atoms with Crippen molar-refractivity contribution in [2.75, 3.05) is 6.54 Å². The van der Waals surface area contributed by atoms with E-state index in [-0.39, 0.29) is 16.0 Å². The zero-order valence-corrected chi connectivity index (χ0v) is 14.3. The second-order valence-electron chi connectivity index (χ2n) is 5.30. The van der Waals surface area contributed by atoms with E-state index < -0.39 is 10.0 Å². The van der Waals surface area contributed by atoms with E-state index >= 15 is 0 Å². The summed E-state index contributed by atoms with van der Waals surface area (Å²) >= 11 is 12.3. The maximum atomic E-state index is 12.4. The molecule has 1 fully saturated rings. The van der Waals surface area contributed by atoms with Crippen molar-refractivity contribution in [3.8, 4) is 0 Å². The number of sulfonamides is 1. The predicted octanol–water partition coefficient (Wildman–Crippen LogP) is 3.32. The maximum Gasteiger partial charge on any atom is 0.242 e. The quantitative estimate of drug-likeness (QED) is 0.741. The van der Waals surface area contributed by atoms with E-state index in [1.807, 2.05) is 0 Å². The van der Waals surface area contributed by atoms with Crippen molar-refractivity contribution in [1.82, 2.24) is 10.0 Å². The van der Waals surface area contributed by atoms with Gasteiger partial charge >= 0.3 is 0 Å². The molecule has 0 aromatic heterocycles. The van der Waals surface area contributed by atoms with Gasteiger partial charge in [0.2, 0.25) is 10.0 Å². The average Bonchev–Trinajstić information content (AvgIpc) is 2.38. The first-order chi connectivity index (χ1) is 9.94. The van der Waals surface area contributed by atoms with E-state index in [2.05, 4.69) is 17.0 Å². The summed E-state index contributed by atoms with van der Waals surface area (Å²) in [6, 6.07) is 3.13. The predicted molar refractivity (Wildman–Crippen MR) is 86.4 cm³/mol. The van der Waals surface area contributed by atoms with Gasteiger partial charge in [-0.05, 0) is 43.5 Å². The van der Waals surface area contributed by atoms with E-state index in [0.717, 1.165) is 32.2 Å². The Hall–Kier alpha value is -0.330. The Labute approximate surface area is 136 Å². The summed E-state index contributed by atoms with van der Waals surface area (Å²) in [6.45, 7) is 3.40. The molecule has 1 aromatic carbocycles. The number of rotatable bonds is 7. The summed E-state index contributed by atoms with van der Waals surface area (Å²) in [6.07, 6.45) is 3.81. The summed E-state index contributed by atoms with van der Waals surface area (Å²) < 4.78 is 27.5. The molecule has 1 saturated carbocycles. The van der Waals surface area contributed by atoms with Crippen LogP contribution in [0.5, 0.6) is 0 Å². The number of benzene rings is 1. The van der Waals surface area contributed by atoms with Crippen LogP contribution in [0.3, 0.4) is 0 Å². The van der Waals surface area contributed by atoms with Crippen molar-refractivity contribution in [3.63, 3.8) is 0 Å². The minimum atomic E-state index is -3.62. The fourth-order valence-electron chi connectivity index (χ4n) is 2.15. The smallest absolute Gasteiger partial charge is 0.242 e. The molecule has 0 spiro atoms. The lowest BCUT2D eigenvalue weighted by molar-refractivity contribution is 0.383. The van der Waals surface area contributed by atoms with Gasteiger partial charge in [0.25, 0.3) is 0 Å². The van der Waals surface area contributed by atoms with E-state index in [0.29, 0.717) is 17.1 Å². The van der Waals surface area contributed by atoms with Gasteiger partial charge in [0.15, 0.2) is 0 Å². The molecule has 1 aliphatic carbocycles. The lowest BCUT2D eigenvalue weighted by atomic mass is 9.94. The van der Waals surface area contributed by atoms with Gasteiger partial charge in [-0.3, -0.25) is 0 Å². The fourth-order valence-corrected chi connectivity index (χ4v) is 4.39. The van der Waals surface area contributed by atoms with Crippen molar-refractivity contribution in [1.29, 1.82) is 0 Å². The molecule has 1 aromatic rings. The molecule has 0 heterocycles. The Morgan fingerprint density at radius 1 is 1.29 bits per heavy atom. The highest BCUT2D eigenvalue weighted by Crippen LogP contribution is 2.30. The number of hydrogen-bond acceptors (Lipinski definition) is 3. The van der Waals surface area contributed by atoms with Gasteiger partial charge < -0.3 is 5.32 Å². The minimum absolute atomic E-state index is 0.0201. The molecule has 0 radical (unpaired) electrons. The van der Waals surface area contributed by atoms with Crippen molar-refractivity contribution in [3.05, 3.63) is 27.7 Å². The van der Waals surface area contributed by atoms with Crippen LogP contribution in [0.2, 0.25) is 10.0 Å². The highest BCUT2D eigenvalue weighted by molar-refractivity contribution is 7.89. The lowest BCUT2D eigenvalue weighted by Crippen LogP contribution is -2.39. The maximum absolute atomic E-state index is 12.4. The summed E-state index contributed by atoms with van der Waals surface area (Å²) in [7, 11) is -3.62. The first kappa shape index (κ1) is 17.0. The van der Waals surface area contributed by atoms with Gasteiger partial charge in [-0.15, -0.1) is 0 Å². The van der Waals surface area contributed by atoms with Crippen molar-refractivity contribution in [2.24, 2.45) is 0 Å². The van der Waals surface area contributed by atoms with Gasteiger partial charge in [0, 0.05) is 17.6 Å². The Balaban J connectivity index is 2.25. The summed E-state index contributed by atoms with van der Waals surface area (Å²) in [5.74, 6) is 0. The van der Waals surface area contributed by atoms with Crippen molar-refractivity contribution >= 4 is 33.2 Å². The van der Waals surface area contributed by atoms with Gasteiger partial charge in [-0.25, -0.2) is 13.1 Å². The Bertz CT molecular complexity index is 601. The average molecular weight is 351 g/mol. The molecule has 1 aliphatic rings. The standard InChI is InChI=1S/C14H20Cl2N2O2S/c1-2-6-17-9-10-7-11(15)8-13(14(10)16)21(19,20)18-12-4-3-5-12/h7-8,12,17-18H,2-6,9H2,1H3. The third-order valence-corrected chi connectivity index (χ3v) is 5.86. The van der Waals surface area contributed by atoms with Crippen molar-refractivity contribution in [2.45, 2.75) is 50.1 Å². The Morgan fingerprint density at radius 3 is 2.57 bits per heavy atom. The lowest BCUT2D eigenvalue weighted by Gasteiger charge is -2.26. The van der Waals surface area contributed by atoms with Crippen LogP contribution in [-0.2, 0) is 16.6 Å². The Morgan fingerprint density at radius 2 is 2.00 bits per heavy atom. The third-order valence-electron chi connectivity index (χ3n) is 3.54. The molecule has 0 saturated heterocycles. The second kappa shape index (κ2) is 7.29. The Kier molecular flexibility index (Phi) is 5.91. The van der Waals surface area contributed by atoms with Gasteiger partial charge in [-0.2, -0.15) is 0 Å². The minimum Gasteiger partial charge on any atom is -0.313 e. The molecule has 4 nitrogen and oxygen atoms in total. The molecular formula is C14H20Cl2N2O2S.